The lowest BCUT2D eigenvalue weighted by Crippen LogP contribution is -2.14. The first-order valence-corrected chi connectivity index (χ1v) is 5.65. The molecule has 0 bridgehead atoms. The predicted molar refractivity (Wildman–Crippen MR) is 69.7 cm³/mol. The smallest absolute Gasteiger partial charge is 0.305 e. The standard InChI is InChI=1S/C14H15NO3/c1-18-12-5-4-9-6-11(3-2-10(9)7-12)13(15)8-14(16)17/h2-7,13H,8,15H2,1H3,(H,16,17). The Morgan fingerprint density at radius 2 is 1.94 bits per heavy atom. The van der Waals surface area contributed by atoms with Crippen LogP contribution in [0.15, 0.2) is 36.4 Å². The zero-order valence-corrected chi connectivity index (χ0v) is 10.1. The Morgan fingerprint density at radius 1 is 1.28 bits per heavy atom. The SMILES string of the molecule is COc1ccc2cc(C(N)CC(=O)O)ccc2c1. The summed E-state index contributed by atoms with van der Waals surface area (Å²) in [6, 6.07) is 11.0. The summed E-state index contributed by atoms with van der Waals surface area (Å²) in [5.41, 5.74) is 6.67. The molecule has 0 spiro atoms. The summed E-state index contributed by atoms with van der Waals surface area (Å²) in [6.07, 6.45) is -0.0678. The van der Waals surface area contributed by atoms with Crippen molar-refractivity contribution in [3.63, 3.8) is 0 Å². The maximum Gasteiger partial charge on any atom is 0.305 e. The van der Waals surface area contributed by atoms with E-state index in [2.05, 4.69) is 0 Å². The number of carbonyl (C=O) groups is 1. The number of hydrogen-bond donors (Lipinski definition) is 2. The third kappa shape index (κ3) is 2.60. The molecule has 2 aromatic carbocycles. The zero-order valence-electron chi connectivity index (χ0n) is 10.1. The molecule has 0 aliphatic rings. The zero-order chi connectivity index (χ0) is 13.1. The molecule has 0 saturated heterocycles. The van der Waals surface area contributed by atoms with Crippen molar-refractivity contribution < 1.29 is 14.6 Å². The molecule has 4 heteroatoms. The van der Waals surface area contributed by atoms with E-state index in [1.807, 2.05) is 36.4 Å². The van der Waals surface area contributed by atoms with E-state index in [4.69, 9.17) is 15.6 Å². The molecule has 3 N–H and O–H groups in total. The van der Waals surface area contributed by atoms with E-state index in [-0.39, 0.29) is 6.42 Å². The van der Waals surface area contributed by atoms with E-state index < -0.39 is 12.0 Å². The number of aliphatic carboxylic acids is 1. The summed E-state index contributed by atoms with van der Waals surface area (Å²) < 4.78 is 5.15. The summed E-state index contributed by atoms with van der Waals surface area (Å²) >= 11 is 0. The second-order valence-electron chi connectivity index (χ2n) is 4.18. The van der Waals surface area contributed by atoms with Crippen molar-refractivity contribution in [2.45, 2.75) is 12.5 Å². The third-order valence-electron chi connectivity index (χ3n) is 2.89. The molecule has 0 saturated carbocycles. The van der Waals surface area contributed by atoms with Gasteiger partial charge in [0.1, 0.15) is 5.75 Å². The molecule has 4 nitrogen and oxygen atoms in total. The van der Waals surface area contributed by atoms with Crippen LogP contribution in [0.5, 0.6) is 5.75 Å². The predicted octanol–water partition coefficient (Wildman–Crippen LogP) is 2.32. The van der Waals surface area contributed by atoms with Gasteiger partial charge < -0.3 is 15.6 Å². The van der Waals surface area contributed by atoms with Gasteiger partial charge in [0.15, 0.2) is 0 Å². The van der Waals surface area contributed by atoms with Crippen molar-refractivity contribution in [2.24, 2.45) is 5.73 Å². The Labute approximate surface area is 105 Å². The van der Waals surface area contributed by atoms with Crippen LogP contribution < -0.4 is 10.5 Å². The molecule has 94 valence electrons. The van der Waals surface area contributed by atoms with Crippen molar-refractivity contribution in [3.05, 3.63) is 42.0 Å². The molecule has 2 rings (SSSR count). The van der Waals surface area contributed by atoms with Crippen LogP contribution in [0.2, 0.25) is 0 Å². The van der Waals surface area contributed by atoms with Crippen LogP contribution in [0.25, 0.3) is 10.8 Å². The van der Waals surface area contributed by atoms with Gasteiger partial charge in [-0.05, 0) is 34.5 Å². The molecule has 0 fully saturated rings. The lowest BCUT2D eigenvalue weighted by atomic mass is 10.0. The first-order valence-electron chi connectivity index (χ1n) is 5.65. The summed E-state index contributed by atoms with van der Waals surface area (Å²) in [7, 11) is 1.62. The number of nitrogens with two attached hydrogens (primary N) is 1. The summed E-state index contributed by atoms with van der Waals surface area (Å²) in [5.74, 6) is -0.0950. The summed E-state index contributed by atoms with van der Waals surface area (Å²) in [6.45, 7) is 0. The van der Waals surface area contributed by atoms with Crippen molar-refractivity contribution in [2.75, 3.05) is 7.11 Å². The van der Waals surface area contributed by atoms with Gasteiger partial charge in [-0.2, -0.15) is 0 Å². The highest BCUT2D eigenvalue weighted by Crippen LogP contribution is 2.24. The van der Waals surface area contributed by atoms with E-state index in [1.54, 1.807) is 7.11 Å². The van der Waals surface area contributed by atoms with Gasteiger partial charge in [0.2, 0.25) is 0 Å². The van der Waals surface area contributed by atoms with Crippen LogP contribution in [-0.2, 0) is 4.79 Å². The molecule has 0 aliphatic carbocycles. The van der Waals surface area contributed by atoms with Crippen molar-refractivity contribution in [1.82, 2.24) is 0 Å². The summed E-state index contributed by atoms with van der Waals surface area (Å²) in [5, 5.41) is 10.8. The fraction of sp³-hybridized carbons (Fsp3) is 0.214. The quantitative estimate of drug-likeness (QED) is 0.867. The minimum atomic E-state index is -0.891. The van der Waals surface area contributed by atoms with E-state index in [0.29, 0.717) is 0 Å². The highest BCUT2D eigenvalue weighted by molar-refractivity contribution is 5.84. The lowest BCUT2D eigenvalue weighted by molar-refractivity contribution is -0.137. The maximum absolute atomic E-state index is 10.6. The largest absolute Gasteiger partial charge is 0.497 e. The van der Waals surface area contributed by atoms with Crippen LogP contribution >= 0.6 is 0 Å². The van der Waals surface area contributed by atoms with Gasteiger partial charge in [0.05, 0.1) is 13.5 Å². The molecular weight excluding hydrogens is 230 g/mol. The normalized spacial score (nSPS) is 12.3. The van der Waals surface area contributed by atoms with Crippen LogP contribution in [0.3, 0.4) is 0 Å². The molecule has 0 radical (unpaired) electrons. The topological polar surface area (TPSA) is 72.5 Å². The van der Waals surface area contributed by atoms with Crippen molar-refractivity contribution >= 4 is 16.7 Å². The molecule has 2 aromatic rings. The molecule has 0 heterocycles. The monoisotopic (exact) mass is 245 g/mol. The van der Waals surface area contributed by atoms with E-state index in [9.17, 15) is 4.79 Å². The average molecular weight is 245 g/mol. The highest BCUT2D eigenvalue weighted by Gasteiger charge is 2.11. The first-order chi connectivity index (χ1) is 8.60. The number of ether oxygens (including phenoxy) is 1. The summed E-state index contributed by atoms with van der Waals surface area (Å²) in [4.78, 5) is 10.6. The van der Waals surface area contributed by atoms with Gasteiger partial charge in [-0.25, -0.2) is 0 Å². The Bertz CT molecular complexity index is 580. The van der Waals surface area contributed by atoms with Gasteiger partial charge in [0.25, 0.3) is 0 Å². The second kappa shape index (κ2) is 5.06. The second-order valence-corrected chi connectivity index (χ2v) is 4.18. The van der Waals surface area contributed by atoms with Crippen molar-refractivity contribution in [1.29, 1.82) is 0 Å². The van der Waals surface area contributed by atoms with Gasteiger partial charge in [-0.1, -0.05) is 18.2 Å². The molecule has 0 aromatic heterocycles. The molecule has 0 aliphatic heterocycles. The number of carboxylic acid groups (broad SMARTS) is 1. The fourth-order valence-electron chi connectivity index (χ4n) is 1.91. The number of carboxylic acids is 1. The Kier molecular flexibility index (Phi) is 3.48. The van der Waals surface area contributed by atoms with Crippen LogP contribution in [0, 0.1) is 0 Å². The Morgan fingerprint density at radius 3 is 2.61 bits per heavy atom. The number of rotatable bonds is 4. The van der Waals surface area contributed by atoms with Crippen LogP contribution in [0.4, 0.5) is 0 Å². The average Bonchev–Trinajstić information content (AvgIpc) is 2.36. The molecule has 1 atom stereocenters. The maximum atomic E-state index is 10.6. The Balaban J connectivity index is 2.35. The number of benzene rings is 2. The fourth-order valence-corrected chi connectivity index (χ4v) is 1.91. The van der Waals surface area contributed by atoms with Crippen LogP contribution in [0.1, 0.15) is 18.0 Å². The minimum absolute atomic E-state index is 0.0678. The van der Waals surface area contributed by atoms with E-state index in [1.165, 1.54) is 0 Å². The minimum Gasteiger partial charge on any atom is -0.497 e. The van der Waals surface area contributed by atoms with Gasteiger partial charge in [0, 0.05) is 6.04 Å². The van der Waals surface area contributed by atoms with Gasteiger partial charge in [-0.3, -0.25) is 4.79 Å². The number of hydrogen-bond acceptors (Lipinski definition) is 3. The first kappa shape index (κ1) is 12.4. The van der Waals surface area contributed by atoms with E-state index >= 15 is 0 Å². The molecule has 1 unspecified atom stereocenters. The number of fused-ring (bicyclic) bond motifs is 1. The highest BCUT2D eigenvalue weighted by atomic mass is 16.5. The molecular formula is C14H15NO3. The third-order valence-corrected chi connectivity index (χ3v) is 2.89. The molecule has 18 heavy (non-hydrogen) atoms. The van der Waals surface area contributed by atoms with E-state index in [0.717, 1.165) is 22.1 Å². The van der Waals surface area contributed by atoms with Gasteiger partial charge >= 0.3 is 5.97 Å². The van der Waals surface area contributed by atoms with Gasteiger partial charge in [-0.15, -0.1) is 0 Å². The molecule has 0 amide bonds. The lowest BCUT2D eigenvalue weighted by Gasteiger charge is -2.11. The number of methoxy groups -OCH3 is 1. The Hall–Kier alpha value is -2.07. The van der Waals surface area contributed by atoms with Crippen molar-refractivity contribution in [3.8, 4) is 5.75 Å². The van der Waals surface area contributed by atoms with Crippen LogP contribution in [-0.4, -0.2) is 18.2 Å².